The molecular formula is C28H35ClFN5O3. The van der Waals surface area contributed by atoms with E-state index in [1.54, 1.807) is 38.2 Å². The summed E-state index contributed by atoms with van der Waals surface area (Å²) in [7, 11) is 1.75. The lowest BCUT2D eigenvalue weighted by Gasteiger charge is -2.52. The molecule has 1 aromatic heterocycles. The van der Waals surface area contributed by atoms with Crippen LogP contribution >= 0.6 is 11.6 Å². The van der Waals surface area contributed by atoms with Gasteiger partial charge >= 0.3 is 0 Å². The Hall–Kier alpha value is -3.01. The summed E-state index contributed by atoms with van der Waals surface area (Å²) in [6, 6.07) is 5.13. The van der Waals surface area contributed by atoms with Crippen molar-refractivity contribution in [3.63, 3.8) is 0 Å². The predicted molar refractivity (Wildman–Crippen MR) is 148 cm³/mol. The number of ether oxygens (including phenoxy) is 1. The number of hydrogen-bond donors (Lipinski definition) is 3. The fraction of sp³-hybridized carbons (Fsp3) is 0.464. The molecule has 10 heteroatoms. The van der Waals surface area contributed by atoms with Gasteiger partial charge in [0.2, 0.25) is 0 Å². The summed E-state index contributed by atoms with van der Waals surface area (Å²) < 4.78 is 19.4. The molecular weight excluding hydrogens is 509 g/mol. The van der Waals surface area contributed by atoms with Crippen molar-refractivity contribution in [1.82, 2.24) is 15.3 Å². The van der Waals surface area contributed by atoms with Crippen LogP contribution in [0.2, 0.25) is 5.02 Å². The van der Waals surface area contributed by atoms with Crippen LogP contribution in [0.15, 0.2) is 35.8 Å². The molecule has 2 heterocycles. The van der Waals surface area contributed by atoms with Crippen LogP contribution in [0.5, 0.6) is 5.75 Å². The average Bonchev–Trinajstić information content (AvgIpc) is 2.84. The topological polar surface area (TPSA) is 114 Å². The van der Waals surface area contributed by atoms with E-state index < -0.39 is 6.10 Å². The second-order valence-electron chi connectivity index (χ2n) is 10.3. The summed E-state index contributed by atoms with van der Waals surface area (Å²) in [5.41, 5.74) is 8.60. The summed E-state index contributed by atoms with van der Waals surface area (Å²) in [6.45, 7) is 6.98. The van der Waals surface area contributed by atoms with Crippen LogP contribution in [0, 0.1) is 12.3 Å². The molecule has 1 spiro atoms. The van der Waals surface area contributed by atoms with E-state index in [1.807, 2.05) is 6.92 Å². The van der Waals surface area contributed by atoms with Crippen LogP contribution in [0.3, 0.4) is 0 Å². The van der Waals surface area contributed by atoms with Crippen molar-refractivity contribution in [2.24, 2.45) is 11.1 Å². The number of nitrogens with two attached hydrogens (primary N) is 1. The lowest BCUT2D eigenvalue weighted by molar-refractivity contribution is -0.111. The van der Waals surface area contributed by atoms with Crippen molar-refractivity contribution in [3.05, 3.63) is 52.1 Å². The monoisotopic (exact) mass is 543 g/mol. The van der Waals surface area contributed by atoms with E-state index in [-0.39, 0.29) is 23.6 Å². The molecule has 4 rings (SSSR count). The third-order valence-electron chi connectivity index (χ3n) is 7.17. The predicted octanol–water partition coefficient (Wildman–Crippen LogP) is 4.19. The van der Waals surface area contributed by atoms with Crippen LogP contribution in [0.25, 0.3) is 17.0 Å². The molecule has 0 bridgehead atoms. The van der Waals surface area contributed by atoms with E-state index in [9.17, 15) is 14.3 Å². The van der Waals surface area contributed by atoms with Crippen LogP contribution < -0.4 is 20.7 Å². The Morgan fingerprint density at radius 2 is 2.08 bits per heavy atom. The number of allylic oxidation sites excluding steroid dienone is 4. The van der Waals surface area contributed by atoms with Crippen LogP contribution in [0.1, 0.15) is 44.4 Å². The second-order valence-corrected chi connectivity index (χ2v) is 10.7. The number of likely N-dealkylation sites (N-methyl/N-ethyl adjacent to an activating group) is 1. The largest absolute Gasteiger partial charge is 0.491 e. The quantitative estimate of drug-likeness (QED) is 0.404. The number of carbonyl (C=O) groups excluding carboxylic acids is 1. The van der Waals surface area contributed by atoms with Gasteiger partial charge in [-0.3, -0.25) is 4.79 Å². The Balaban J connectivity index is 1.75. The van der Waals surface area contributed by atoms with Crippen LogP contribution in [-0.2, 0) is 4.79 Å². The lowest BCUT2D eigenvalue weighted by atomic mass is 9.70. The Morgan fingerprint density at radius 1 is 1.34 bits per heavy atom. The van der Waals surface area contributed by atoms with Crippen molar-refractivity contribution < 1.29 is 19.0 Å². The first-order valence-electron chi connectivity index (χ1n) is 12.7. The van der Waals surface area contributed by atoms with Gasteiger partial charge in [0.1, 0.15) is 24.3 Å². The number of nitrogens with zero attached hydrogens (tertiary/aromatic N) is 3. The third-order valence-corrected chi connectivity index (χ3v) is 7.50. The molecule has 0 unspecified atom stereocenters. The van der Waals surface area contributed by atoms with Gasteiger partial charge in [0, 0.05) is 41.9 Å². The molecule has 0 saturated carbocycles. The number of carbonyl (C=O) groups is 1. The van der Waals surface area contributed by atoms with Gasteiger partial charge in [-0.15, -0.1) is 0 Å². The molecule has 1 saturated heterocycles. The minimum absolute atomic E-state index is 0.0237. The summed E-state index contributed by atoms with van der Waals surface area (Å²) in [5, 5.41) is 13.3. The van der Waals surface area contributed by atoms with Gasteiger partial charge in [-0.25, -0.2) is 14.4 Å². The van der Waals surface area contributed by atoms with Gasteiger partial charge in [0.15, 0.2) is 11.6 Å². The Kier molecular flexibility index (Phi) is 8.40. The minimum atomic E-state index is -0.675. The second kappa shape index (κ2) is 11.4. The first-order chi connectivity index (χ1) is 18.0. The average molecular weight is 544 g/mol. The maximum absolute atomic E-state index is 13.7. The van der Waals surface area contributed by atoms with Crippen LogP contribution in [-0.4, -0.2) is 60.3 Å². The highest BCUT2D eigenvalue weighted by atomic mass is 35.5. The maximum Gasteiger partial charge on any atom is 0.163 e. The minimum Gasteiger partial charge on any atom is -0.491 e. The molecule has 1 fully saturated rings. The third kappa shape index (κ3) is 5.85. The van der Waals surface area contributed by atoms with E-state index in [2.05, 4.69) is 10.2 Å². The molecule has 38 heavy (non-hydrogen) atoms. The summed E-state index contributed by atoms with van der Waals surface area (Å²) in [6.07, 6.45) is 2.97. The highest BCUT2D eigenvalue weighted by Gasteiger charge is 2.45. The Labute approximate surface area is 227 Å². The smallest absolute Gasteiger partial charge is 0.163 e. The zero-order valence-electron chi connectivity index (χ0n) is 22.3. The molecule has 1 aliphatic carbocycles. The zero-order chi connectivity index (χ0) is 27.6. The number of anilines is 1. The van der Waals surface area contributed by atoms with Crippen LogP contribution in [0.4, 0.5) is 10.2 Å². The number of hydrogen-bond acceptors (Lipinski definition) is 8. The number of ketones is 1. The SMILES string of the molecule is CNC[C@@H](O)COc1ccc(Cl)c(-c2nc(C(C(C)=O)=C(C)N)c(C)c(N3CC4(CC=C(F)CC4)C3)n2)c1. The molecule has 204 valence electrons. The number of nitrogens with one attached hydrogen (secondary N) is 1. The molecule has 2 aliphatic rings. The molecule has 0 amide bonds. The van der Waals surface area contributed by atoms with Gasteiger partial charge in [0.05, 0.1) is 22.1 Å². The normalized spacial score (nSPS) is 18.0. The molecule has 8 nitrogen and oxygen atoms in total. The number of benzene rings is 1. The fourth-order valence-electron chi connectivity index (χ4n) is 5.18. The number of halogens is 2. The number of rotatable bonds is 9. The van der Waals surface area contributed by atoms with Crippen molar-refractivity contribution in [1.29, 1.82) is 0 Å². The van der Waals surface area contributed by atoms with Gasteiger partial charge in [-0.05, 0) is 65.3 Å². The highest BCUT2D eigenvalue weighted by molar-refractivity contribution is 6.33. The van der Waals surface area contributed by atoms with Gasteiger partial charge in [0.25, 0.3) is 0 Å². The van der Waals surface area contributed by atoms with E-state index in [4.69, 9.17) is 32.0 Å². The number of aliphatic hydroxyl groups excluding tert-OH is 1. The summed E-state index contributed by atoms with van der Waals surface area (Å²) in [4.78, 5) is 24.4. The number of aromatic nitrogens is 2. The van der Waals surface area contributed by atoms with E-state index in [0.29, 0.717) is 64.3 Å². The standard InChI is InChI=1S/C28H35ClFN5O3/c1-16-25(24(17(2)31)18(3)36)33-26(22-11-21(5-6-23(22)29)38-13-20(37)12-32-4)34-27(16)35-14-28(15-35)9-7-19(30)8-10-28/h5-7,11,20,32,37H,8-10,12-15,31H2,1-4H3/t20-/m1/s1. The van der Waals surface area contributed by atoms with E-state index in [1.165, 1.54) is 6.92 Å². The Bertz CT molecular complexity index is 1290. The zero-order valence-corrected chi connectivity index (χ0v) is 23.0. The molecule has 1 atom stereocenters. The van der Waals surface area contributed by atoms with Crippen molar-refractivity contribution in [3.8, 4) is 17.1 Å². The van der Waals surface area contributed by atoms with Crippen molar-refractivity contribution in [2.45, 2.75) is 46.1 Å². The van der Waals surface area contributed by atoms with Crippen molar-refractivity contribution >= 4 is 28.8 Å². The molecule has 1 aliphatic heterocycles. The lowest BCUT2D eigenvalue weighted by Crippen LogP contribution is -2.57. The summed E-state index contributed by atoms with van der Waals surface area (Å²) >= 11 is 6.60. The summed E-state index contributed by atoms with van der Waals surface area (Å²) in [5.74, 6) is 1.29. The molecule has 4 N–H and O–H groups in total. The molecule has 0 radical (unpaired) electrons. The number of aliphatic hydroxyl groups is 1. The van der Waals surface area contributed by atoms with Gasteiger partial charge < -0.3 is 25.8 Å². The van der Waals surface area contributed by atoms with E-state index in [0.717, 1.165) is 25.1 Å². The highest BCUT2D eigenvalue weighted by Crippen LogP contribution is 2.46. The Morgan fingerprint density at radius 3 is 2.68 bits per heavy atom. The molecule has 1 aromatic carbocycles. The number of Topliss-reactive ketones (excluding diaryl/α,β-unsaturated/α-hetero) is 1. The van der Waals surface area contributed by atoms with Crippen molar-refractivity contribution in [2.75, 3.05) is 38.2 Å². The van der Waals surface area contributed by atoms with E-state index >= 15 is 0 Å². The first-order valence-corrected chi connectivity index (χ1v) is 13.1. The first kappa shape index (κ1) is 28.0. The fourth-order valence-corrected chi connectivity index (χ4v) is 5.38. The van der Waals surface area contributed by atoms with Gasteiger partial charge in [-0.1, -0.05) is 17.7 Å². The van der Waals surface area contributed by atoms with Gasteiger partial charge in [-0.2, -0.15) is 0 Å². The molecule has 2 aromatic rings. The maximum atomic E-state index is 13.7.